The van der Waals surface area contributed by atoms with Crippen LogP contribution in [0.15, 0.2) is 24.3 Å². The molecule has 2 bridgehead atoms. The minimum absolute atomic E-state index is 0.0710. The predicted octanol–water partition coefficient (Wildman–Crippen LogP) is 3.34. The smallest absolute Gasteiger partial charge is 0.204 e. The summed E-state index contributed by atoms with van der Waals surface area (Å²) in [6.07, 6.45) is 5.88. The lowest BCUT2D eigenvalue weighted by Gasteiger charge is -2.49. The van der Waals surface area contributed by atoms with Gasteiger partial charge in [0.1, 0.15) is 0 Å². The molecule has 138 valence electrons. The number of fused-ring (bicyclic) bond motifs is 3. The molecule has 4 aliphatic rings. The SMILES string of the molecule is CO[C@H]1O[C@@]2(C)OOC13CCCC[C@@H]3CC2Cc1ccc(CO)cc1. The summed E-state index contributed by atoms with van der Waals surface area (Å²) in [5.74, 6) is -0.228. The lowest BCUT2D eigenvalue weighted by molar-refractivity contribution is -0.553. The van der Waals surface area contributed by atoms with Crippen LogP contribution < -0.4 is 0 Å². The largest absolute Gasteiger partial charge is 0.392 e. The second kappa shape index (κ2) is 6.63. The molecule has 5 rings (SSSR count). The molecular formula is C20H28O5. The Morgan fingerprint density at radius 1 is 1.16 bits per heavy atom. The Morgan fingerprint density at radius 3 is 2.64 bits per heavy atom. The summed E-state index contributed by atoms with van der Waals surface area (Å²) in [5, 5.41) is 9.23. The second-order valence-electron chi connectivity index (χ2n) is 7.88. The average molecular weight is 348 g/mol. The highest BCUT2D eigenvalue weighted by atomic mass is 17.3. The summed E-state index contributed by atoms with van der Waals surface area (Å²) >= 11 is 0. The Hall–Kier alpha value is -0.980. The van der Waals surface area contributed by atoms with Gasteiger partial charge < -0.3 is 14.6 Å². The van der Waals surface area contributed by atoms with Crippen molar-refractivity contribution in [1.29, 1.82) is 0 Å². The standard InChI is InChI=1S/C20H28O5/c1-19-17(11-14-6-8-15(13-21)9-7-14)12-16-5-3-4-10-20(16,25-24-19)18(22-2)23-19/h6-9,16-18,21H,3-5,10-13H2,1-2H3/t16-,17?,18+,19+,20?/m1/s1. The number of rotatable bonds is 4. The number of methoxy groups -OCH3 is 1. The van der Waals surface area contributed by atoms with Gasteiger partial charge in [0.25, 0.3) is 0 Å². The highest BCUT2D eigenvalue weighted by Crippen LogP contribution is 2.54. The molecule has 2 unspecified atom stereocenters. The molecule has 4 fully saturated rings. The van der Waals surface area contributed by atoms with E-state index in [1.54, 1.807) is 7.11 Å². The van der Waals surface area contributed by atoms with E-state index in [0.717, 1.165) is 37.7 Å². The molecule has 3 saturated heterocycles. The molecule has 5 nitrogen and oxygen atoms in total. The third kappa shape index (κ3) is 2.92. The van der Waals surface area contributed by atoms with E-state index in [1.165, 1.54) is 12.0 Å². The molecule has 3 aliphatic heterocycles. The van der Waals surface area contributed by atoms with Gasteiger partial charge in [-0.25, -0.2) is 9.78 Å². The Bertz CT molecular complexity index is 603. The summed E-state index contributed by atoms with van der Waals surface area (Å²) in [5.41, 5.74) is 1.68. The van der Waals surface area contributed by atoms with Gasteiger partial charge in [0, 0.05) is 13.0 Å². The van der Waals surface area contributed by atoms with Gasteiger partial charge in [-0.1, -0.05) is 37.1 Å². The first-order chi connectivity index (χ1) is 12.1. The topological polar surface area (TPSA) is 57.2 Å². The van der Waals surface area contributed by atoms with E-state index >= 15 is 0 Å². The number of aliphatic hydroxyl groups is 1. The van der Waals surface area contributed by atoms with Crippen LogP contribution in [0.5, 0.6) is 0 Å². The van der Waals surface area contributed by atoms with Crippen LogP contribution in [0, 0.1) is 11.8 Å². The Morgan fingerprint density at radius 2 is 1.92 bits per heavy atom. The molecule has 0 amide bonds. The number of benzene rings is 1. The van der Waals surface area contributed by atoms with Crippen molar-refractivity contribution in [2.75, 3.05) is 7.11 Å². The third-order valence-corrected chi connectivity index (χ3v) is 6.38. The summed E-state index contributed by atoms with van der Waals surface area (Å²) in [7, 11) is 1.70. The minimum atomic E-state index is -0.807. The van der Waals surface area contributed by atoms with Crippen molar-refractivity contribution in [3.8, 4) is 0 Å². The van der Waals surface area contributed by atoms with Crippen LogP contribution in [0.4, 0.5) is 0 Å². The van der Waals surface area contributed by atoms with E-state index in [4.69, 9.17) is 19.2 Å². The maximum atomic E-state index is 9.23. The van der Waals surface area contributed by atoms with Crippen LogP contribution in [-0.2, 0) is 32.3 Å². The summed E-state index contributed by atoms with van der Waals surface area (Å²) < 4.78 is 12.0. The molecule has 1 aliphatic carbocycles. The minimum Gasteiger partial charge on any atom is -0.392 e. The Balaban J connectivity index is 1.62. The molecule has 5 atom stereocenters. The molecule has 25 heavy (non-hydrogen) atoms. The van der Waals surface area contributed by atoms with Gasteiger partial charge in [-0.3, -0.25) is 0 Å². The van der Waals surface area contributed by atoms with Crippen molar-refractivity contribution in [3.05, 3.63) is 35.4 Å². The van der Waals surface area contributed by atoms with Gasteiger partial charge in [0.15, 0.2) is 11.9 Å². The zero-order valence-electron chi connectivity index (χ0n) is 15.1. The van der Waals surface area contributed by atoms with Crippen LogP contribution >= 0.6 is 0 Å². The molecule has 3 heterocycles. The second-order valence-corrected chi connectivity index (χ2v) is 7.88. The average Bonchev–Trinajstić information content (AvgIpc) is 2.83. The number of hydrogen-bond acceptors (Lipinski definition) is 5. The van der Waals surface area contributed by atoms with Gasteiger partial charge in [-0.15, -0.1) is 0 Å². The summed E-state index contributed by atoms with van der Waals surface area (Å²) in [6, 6.07) is 8.11. The first-order valence-electron chi connectivity index (χ1n) is 9.36. The Labute approximate surface area is 149 Å². The zero-order chi connectivity index (χ0) is 17.5. The van der Waals surface area contributed by atoms with Crippen molar-refractivity contribution >= 4 is 0 Å². The van der Waals surface area contributed by atoms with E-state index in [2.05, 4.69) is 12.1 Å². The molecule has 1 aromatic carbocycles. The van der Waals surface area contributed by atoms with Crippen LogP contribution in [0.2, 0.25) is 0 Å². The monoisotopic (exact) mass is 348 g/mol. The van der Waals surface area contributed by atoms with E-state index in [9.17, 15) is 5.11 Å². The molecule has 0 radical (unpaired) electrons. The number of hydrogen-bond donors (Lipinski definition) is 1. The number of ether oxygens (including phenoxy) is 2. The van der Waals surface area contributed by atoms with Gasteiger partial charge >= 0.3 is 0 Å². The fourth-order valence-corrected chi connectivity index (χ4v) is 4.81. The fraction of sp³-hybridized carbons (Fsp3) is 0.700. The van der Waals surface area contributed by atoms with Crippen molar-refractivity contribution in [3.63, 3.8) is 0 Å². The maximum Gasteiger partial charge on any atom is 0.204 e. The molecular weight excluding hydrogens is 320 g/mol. The van der Waals surface area contributed by atoms with Crippen LogP contribution in [-0.4, -0.2) is 29.9 Å². The van der Waals surface area contributed by atoms with Gasteiger partial charge in [-0.05, 0) is 49.7 Å². The third-order valence-electron chi connectivity index (χ3n) is 6.38. The van der Waals surface area contributed by atoms with E-state index < -0.39 is 11.4 Å². The van der Waals surface area contributed by atoms with Crippen LogP contribution in [0.3, 0.4) is 0 Å². The molecule has 1 aromatic rings. The maximum absolute atomic E-state index is 9.23. The first kappa shape index (κ1) is 17.4. The fourth-order valence-electron chi connectivity index (χ4n) is 4.81. The van der Waals surface area contributed by atoms with Crippen molar-refractivity contribution < 1.29 is 24.4 Å². The summed E-state index contributed by atoms with van der Waals surface area (Å²) in [6.45, 7) is 2.04. The predicted molar refractivity (Wildman–Crippen MR) is 91.3 cm³/mol. The molecule has 1 saturated carbocycles. The quantitative estimate of drug-likeness (QED) is 0.846. The molecule has 0 aromatic heterocycles. The lowest BCUT2D eigenvalue weighted by Crippen LogP contribution is -2.60. The van der Waals surface area contributed by atoms with Crippen molar-refractivity contribution in [2.45, 2.75) is 69.7 Å². The van der Waals surface area contributed by atoms with Crippen molar-refractivity contribution in [2.24, 2.45) is 11.8 Å². The van der Waals surface area contributed by atoms with E-state index in [1.807, 2.05) is 19.1 Å². The van der Waals surface area contributed by atoms with Gasteiger partial charge in [0.05, 0.1) is 6.61 Å². The highest BCUT2D eigenvalue weighted by Gasteiger charge is 2.62. The molecule has 1 N–H and O–H groups in total. The van der Waals surface area contributed by atoms with Crippen molar-refractivity contribution in [1.82, 2.24) is 0 Å². The summed E-state index contributed by atoms with van der Waals surface area (Å²) in [4.78, 5) is 11.9. The first-order valence-corrected chi connectivity index (χ1v) is 9.36. The van der Waals surface area contributed by atoms with Gasteiger partial charge in [-0.2, -0.15) is 0 Å². The van der Waals surface area contributed by atoms with E-state index in [-0.39, 0.29) is 18.8 Å². The lowest BCUT2D eigenvalue weighted by atomic mass is 9.70. The normalized spacial score (nSPS) is 40.5. The molecule has 5 heteroatoms. The Kier molecular flexibility index (Phi) is 4.63. The van der Waals surface area contributed by atoms with Crippen LogP contribution in [0.25, 0.3) is 0 Å². The number of aliphatic hydroxyl groups excluding tert-OH is 1. The van der Waals surface area contributed by atoms with E-state index in [0.29, 0.717) is 5.92 Å². The highest BCUT2D eigenvalue weighted by molar-refractivity contribution is 5.23. The van der Waals surface area contributed by atoms with Gasteiger partial charge in [0.2, 0.25) is 5.79 Å². The zero-order valence-corrected chi connectivity index (χ0v) is 15.1. The molecule has 1 spiro atoms. The van der Waals surface area contributed by atoms with Crippen LogP contribution in [0.1, 0.15) is 50.2 Å².